The van der Waals surface area contributed by atoms with Crippen LogP contribution in [0, 0.1) is 0 Å². The lowest BCUT2D eigenvalue weighted by Crippen LogP contribution is -2.35. The second kappa shape index (κ2) is 14.2. The van der Waals surface area contributed by atoms with E-state index >= 15 is 0 Å². The summed E-state index contributed by atoms with van der Waals surface area (Å²) in [7, 11) is 1.57. The number of rotatable bonds is 14. The number of pyridine rings is 1. The summed E-state index contributed by atoms with van der Waals surface area (Å²) in [6, 6.07) is 22.7. The molecule has 8 heteroatoms. The first-order chi connectivity index (χ1) is 19.5. The molecule has 210 valence electrons. The van der Waals surface area contributed by atoms with Crippen LogP contribution < -0.4 is 25.3 Å². The van der Waals surface area contributed by atoms with Crippen LogP contribution in [-0.4, -0.2) is 36.8 Å². The average Bonchev–Trinajstić information content (AvgIpc) is 2.97. The van der Waals surface area contributed by atoms with E-state index in [0.717, 1.165) is 30.5 Å². The molecule has 0 bridgehead atoms. The van der Waals surface area contributed by atoms with Gasteiger partial charge < -0.3 is 30.0 Å². The molecule has 0 aliphatic heterocycles. The molecular weight excluding hydrogens is 506 g/mol. The highest BCUT2D eigenvalue weighted by molar-refractivity contribution is 5.88. The number of ether oxygens (including phenoxy) is 4. The first kappa shape index (κ1) is 28.7. The summed E-state index contributed by atoms with van der Waals surface area (Å²) >= 11 is 0. The molecule has 0 saturated heterocycles. The van der Waals surface area contributed by atoms with Crippen LogP contribution in [0.1, 0.15) is 38.7 Å². The number of nitrogens with one attached hydrogen (secondary N) is 1. The highest BCUT2D eigenvalue weighted by atomic mass is 16.5. The Bertz CT molecular complexity index is 1380. The van der Waals surface area contributed by atoms with Crippen molar-refractivity contribution in [1.82, 2.24) is 4.98 Å². The van der Waals surface area contributed by atoms with Crippen molar-refractivity contribution in [3.63, 3.8) is 0 Å². The number of benzene rings is 3. The van der Waals surface area contributed by atoms with E-state index in [1.807, 2.05) is 68.4 Å². The number of hydrogen-bond donors (Lipinski definition) is 2. The fourth-order valence-electron chi connectivity index (χ4n) is 4.22. The second-order valence-corrected chi connectivity index (χ2v) is 9.57. The molecule has 1 unspecified atom stereocenters. The summed E-state index contributed by atoms with van der Waals surface area (Å²) in [5, 5.41) is 4.20. The molecule has 4 rings (SSSR count). The molecule has 0 saturated carbocycles. The van der Waals surface area contributed by atoms with Gasteiger partial charge in [-0.3, -0.25) is 9.78 Å². The predicted octanol–water partition coefficient (Wildman–Crippen LogP) is 6.48. The number of anilines is 1. The number of esters is 1. The standard InChI is InChI=1S/C32H37N3O5/c1-4-8-22(2)39-32(36)27(33)16-18-38-31-20-28-26(19-30(31)37-3)29(15-17-34-28)40-25-13-11-24(12-14-25)35-21-23-9-6-5-7-10-23/h5-7,9-15,17,19-20,22,27,35H,4,8,16,18,21,33H2,1-3H3/t22?,27-/m0/s1. The highest BCUT2D eigenvalue weighted by Crippen LogP contribution is 2.37. The number of aromatic nitrogens is 1. The van der Waals surface area contributed by atoms with E-state index in [4.69, 9.17) is 24.7 Å². The third kappa shape index (κ3) is 7.86. The first-order valence-electron chi connectivity index (χ1n) is 13.6. The Kier molecular flexibility index (Phi) is 10.2. The number of nitrogens with two attached hydrogens (primary N) is 1. The lowest BCUT2D eigenvalue weighted by molar-refractivity contribution is -0.150. The number of carbonyl (C=O) groups excluding carboxylic acids is 1. The van der Waals surface area contributed by atoms with Crippen molar-refractivity contribution in [3.05, 3.63) is 84.6 Å². The summed E-state index contributed by atoms with van der Waals surface area (Å²) in [6.07, 6.45) is 3.59. The summed E-state index contributed by atoms with van der Waals surface area (Å²) in [4.78, 5) is 16.7. The topological polar surface area (TPSA) is 105 Å². The fourth-order valence-corrected chi connectivity index (χ4v) is 4.22. The largest absolute Gasteiger partial charge is 0.493 e. The van der Waals surface area contributed by atoms with E-state index < -0.39 is 12.0 Å². The van der Waals surface area contributed by atoms with Crippen LogP contribution in [0.2, 0.25) is 0 Å². The maximum Gasteiger partial charge on any atom is 0.323 e. The van der Waals surface area contributed by atoms with Gasteiger partial charge in [0.05, 0.1) is 25.3 Å². The van der Waals surface area contributed by atoms with Gasteiger partial charge in [-0.1, -0.05) is 43.7 Å². The SMILES string of the molecule is CCCC(C)OC(=O)[C@@H](N)CCOc1cc2nccc(Oc3ccc(NCc4ccccc4)cc3)c2cc1OC. The molecule has 1 heterocycles. The number of hydrogen-bond acceptors (Lipinski definition) is 8. The molecular formula is C32H37N3O5. The third-order valence-corrected chi connectivity index (χ3v) is 6.41. The molecule has 0 radical (unpaired) electrons. The Morgan fingerprint density at radius 1 is 0.975 bits per heavy atom. The minimum atomic E-state index is -0.760. The Labute approximate surface area is 235 Å². The maximum atomic E-state index is 12.2. The first-order valence-corrected chi connectivity index (χ1v) is 13.6. The fraction of sp³-hybridized carbons (Fsp3) is 0.312. The smallest absolute Gasteiger partial charge is 0.323 e. The van der Waals surface area contributed by atoms with Crippen molar-refractivity contribution >= 4 is 22.6 Å². The Balaban J connectivity index is 1.39. The van der Waals surface area contributed by atoms with E-state index in [9.17, 15) is 4.79 Å². The molecule has 3 aromatic carbocycles. The van der Waals surface area contributed by atoms with Crippen molar-refractivity contribution in [1.29, 1.82) is 0 Å². The van der Waals surface area contributed by atoms with Crippen molar-refractivity contribution in [2.45, 2.75) is 51.8 Å². The van der Waals surface area contributed by atoms with Crippen LogP contribution in [0.15, 0.2) is 79.0 Å². The van der Waals surface area contributed by atoms with Gasteiger partial charge in [-0.15, -0.1) is 0 Å². The zero-order valence-electron chi connectivity index (χ0n) is 23.3. The molecule has 0 spiro atoms. The predicted molar refractivity (Wildman–Crippen MR) is 157 cm³/mol. The minimum absolute atomic E-state index is 0.151. The molecule has 8 nitrogen and oxygen atoms in total. The summed E-state index contributed by atoms with van der Waals surface area (Å²) in [5.74, 6) is 1.96. The summed E-state index contributed by atoms with van der Waals surface area (Å²) in [6.45, 7) is 4.88. The zero-order valence-corrected chi connectivity index (χ0v) is 23.3. The van der Waals surface area contributed by atoms with Crippen molar-refractivity contribution in [2.75, 3.05) is 19.0 Å². The zero-order chi connectivity index (χ0) is 28.3. The van der Waals surface area contributed by atoms with Crippen LogP contribution in [-0.2, 0) is 16.1 Å². The molecule has 0 aliphatic rings. The number of methoxy groups -OCH3 is 1. The van der Waals surface area contributed by atoms with Gasteiger partial charge in [0.15, 0.2) is 11.5 Å². The Morgan fingerprint density at radius 2 is 1.75 bits per heavy atom. The van der Waals surface area contributed by atoms with Gasteiger partial charge in [0.1, 0.15) is 17.5 Å². The molecule has 0 fully saturated rings. The molecule has 0 amide bonds. The van der Waals surface area contributed by atoms with Crippen LogP contribution in [0.5, 0.6) is 23.0 Å². The normalized spacial score (nSPS) is 12.4. The van der Waals surface area contributed by atoms with E-state index in [1.165, 1.54) is 5.56 Å². The van der Waals surface area contributed by atoms with Crippen LogP contribution in [0.4, 0.5) is 5.69 Å². The van der Waals surface area contributed by atoms with E-state index in [0.29, 0.717) is 34.9 Å². The van der Waals surface area contributed by atoms with Crippen LogP contribution in [0.25, 0.3) is 10.9 Å². The molecule has 3 N–H and O–H groups in total. The highest BCUT2D eigenvalue weighted by Gasteiger charge is 2.19. The molecule has 2 atom stereocenters. The summed E-state index contributed by atoms with van der Waals surface area (Å²) < 4.78 is 23.1. The molecule has 1 aromatic heterocycles. The van der Waals surface area contributed by atoms with E-state index in [-0.39, 0.29) is 12.7 Å². The van der Waals surface area contributed by atoms with Gasteiger partial charge in [-0.2, -0.15) is 0 Å². The molecule has 40 heavy (non-hydrogen) atoms. The number of fused-ring (bicyclic) bond motifs is 1. The van der Waals surface area contributed by atoms with Crippen molar-refractivity contribution < 1.29 is 23.7 Å². The minimum Gasteiger partial charge on any atom is -0.493 e. The van der Waals surface area contributed by atoms with Crippen LogP contribution in [0.3, 0.4) is 0 Å². The van der Waals surface area contributed by atoms with Gasteiger partial charge in [0, 0.05) is 36.3 Å². The number of nitrogens with zero attached hydrogens (tertiary/aromatic N) is 1. The van der Waals surface area contributed by atoms with Crippen molar-refractivity contribution in [3.8, 4) is 23.0 Å². The third-order valence-electron chi connectivity index (χ3n) is 6.41. The number of carbonyl (C=O) groups is 1. The monoisotopic (exact) mass is 543 g/mol. The van der Waals surface area contributed by atoms with Gasteiger partial charge in [0.2, 0.25) is 0 Å². The van der Waals surface area contributed by atoms with Gasteiger partial charge in [-0.25, -0.2) is 0 Å². The maximum absolute atomic E-state index is 12.2. The van der Waals surface area contributed by atoms with Crippen molar-refractivity contribution in [2.24, 2.45) is 5.73 Å². The average molecular weight is 544 g/mol. The molecule has 4 aromatic rings. The Hall–Kier alpha value is -4.30. The van der Waals surface area contributed by atoms with E-state index in [1.54, 1.807) is 19.4 Å². The lowest BCUT2D eigenvalue weighted by Gasteiger charge is -2.17. The van der Waals surface area contributed by atoms with Gasteiger partial charge in [0.25, 0.3) is 0 Å². The second-order valence-electron chi connectivity index (χ2n) is 9.57. The van der Waals surface area contributed by atoms with Gasteiger partial charge in [-0.05, 0) is 55.3 Å². The summed E-state index contributed by atoms with van der Waals surface area (Å²) in [5.41, 5.74) is 8.92. The lowest BCUT2D eigenvalue weighted by atomic mass is 10.1. The Morgan fingerprint density at radius 3 is 2.48 bits per heavy atom. The quantitative estimate of drug-likeness (QED) is 0.174. The van der Waals surface area contributed by atoms with E-state index in [2.05, 4.69) is 22.4 Å². The molecule has 0 aliphatic carbocycles. The van der Waals surface area contributed by atoms with Crippen LogP contribution >= 0.6 is 0 Å². The van der Waals surface area contributed by atoms with Gasteiger partial charge >= 0.3 is 5.97 Å².